The third-order valence-corrected chi connectivity index (χ3v) is 5.14. The molecule has 2 aromatic carbocycles. The van der Waals surface area contributed by atoms with Crippen LogP contribution >= 0.6 is 0 Å². The minimum atomic E-state index is -0.715. The molecule has 0 bridgehead atoms. The molecule has 1 saturated carbocycles. The van der Waals surface area contributed by atoms with Crippen LogP contribution < -0.4 is 10.1 Å². The average Bonchev–Trinajstić information content (AvgIpc) is 2.62. The van der Waals surface area contributed by atoms with Gasteiger partial charge in [-0.3, -0.25) is 4.79 Å². The molecule has 0 spiro atoms. The lowest BCUT2D eigenvalue weighted by atomic mass is 9.78. The van der Waals surface area contributed by atoms with Gasteiger partial charge < -0.3 is 14.8 Å². The van der Waals surface area contributed by atoms with E-state index in [1.165, 1.54) is 0 Å². The number of carbonyl (C=O) groups is 1. The van der Waals surface area contributed by atoms with Crippen molar-refractivity contribution in [2.45, 2.75) is 45.1 Å². The van der Waals surface area contributed by atoms with Gasteiger partial charge in [-0.2, -0.15) is 0 Å². The number of nitrogens with one attached hydrogen (secondary N) is 1. The van der Waals surface area contributed by atoms with Crippen molar-refractivity contribution < 1.29 is 14.3 Å². The maximum atomic E-state index is 13.2. The summed E-state index contributed by atoms with van der Waals surface area (Å²) >= 11 is 0. The highest BCUT2D eigenvalue weighted by molar-refractivity contribution is 6.06. The summed E-state index contributed by atoms with van der Waals surface area (Å²) in [5.41, 5.74) is 0.0895. The number of fused-ring (bicyclic) bond motifs is 1. The summed E-state index contributed by atoms with van der Waals surface area (Å²) in [4.78, 5) is 13.2. The van der Waals surface area contributed by atoms with Gasteiger partial charge in [-0.15, -0.1) is 0 Å². The van der Waals surface area contributed by atoms with Crippen LogP contribution in [0.3, 0.4) is 0 Å². The number of hydrogen-bond acceptors (Lipinski definition) is 3. The fourth-order valence-electron chi connectivity index (χ4n) is 3.98. The van der Waals surface area contributed by atoms with E-state index in [-0.39, 0.29) is 5.91 Å². The van der Waals surface area contributed by atoms with Crippen LogP contribution in [0, 0.1) is 5.92 Å². The molecule has 0 unspecified atom stereocenters. The summed E-state index contributed by atoms with van der Waals surface area (Å²) in [6.45, 7) is 4.70. The molecule has 1 fully saturated rings. The van der Waals surface area contributed by atoms with Gasteiger partial charge in [0.2, 0.25) is 0 Å². The second kappa shape index (κ2) is 7.44. The third kappa shape index (κ3) is 3.49. The zero-order valence-electron chi connectivity index (χ0n) is 15.3. The van der Waals surface area contributed by atoms with E-state index in [0.717, 1.165) is 47.9 Å². The van der Waals surface area contributed by atoms with Crippen LogP contribution in [0.2, 0.25) is 0 Å². The predicted octanol–water partition coefficient (Wildman–Crippen LogP) is 4.77. The molecule has 4 nitrogen and oxygen atoms in total. The number of benzene rings is 2. The molecule has 0 aliphatic heterocycles. The lowest BCUT2D eigenvalue weighted by Gasteiger charge is -2.38. The van der Waals surface area contributed by atoms with Crippen molar-refractivity contribution >= 4 is 22.4 Å². The van der Waals surface area contributed by atoms with Gasteiger partial charge in [0, 0.05) is 23.1 Å². The lowest BCUT2D eigenvalue weighted by molar-refractivity contribution is -0.147. The highest BCUT2D eigenvalue weighted by Crippen LogP contribution is 2.37. The summed E-state index contributed by atoms with van der Waals surface area (Å²) in [6, 6.07) is 11.8. The Hall–Kier alpha value is -2.07. The molecule has 0 saturated heterocycles. The molecular weight excluding hydrogens is 314 g/mol. The zero-order chi connectivity index (χ0) is 17.9. The van der Waals surface area contributed by atoms with E-state index in [0.29, 0.717) is 12.5 Å². The summed E-state index contributed by atoms with van der Waals surface area (Å²) in [6.07, 6.45) is 3.75. The molecular formula is C21H27NO3. The monoisotopic (exact) mass is 341 g/mol. The zero-order valence-corrected chi connectivity index (χ0v) is 15.3. The Morgan fingerprint density at radius 3 is 2.68 bits per heavy atom. The molecule has 2 atom stereocenters. The van der Waals surface area contributed by atoms with E-state index in [9.17, 15) is 4.79 Å². The van der Waals surface area contributed by atoms with Crippen molar-refractivity contribution in [1.29, 1.82) is 0 Å². The summed E-state index contributed by atoms with van der Waals surface area (Å²) in [5, 5.41) is 5.10. The minimum Gasteiger partial charge on any atom is -0.496 e. The van der Waals surface area contributed by atoms with E-state index >= 15 is 0 Å². The van der Waals surface area contributed by atoms with Gasteiger partial charge in [-0.1, -0.05) is 37.6 Å². The first-order valence-electron chi connectivity index (χ1n) is 9.11. The van der Waals surface area contributed by atoms with Gasteiger partial charge >= 0.3 is 0 Å². The standard InChI is InChI=1S/C21H27NO3/c1-4-25-21(13-7-8-15(2)14-21)20(23)22-18-11-12-19(24-3)17-10-6-5-9-16(17)18/h5-6,9-12,15H,4,7-8,13-14H2,1-3H3,(H,22,23)/t15-,21+/m1/s1. The Labute approximate surface area is 149 Å². The van der Waals surface area contributed by atoms with Crippen LogP contribution in [0.1, 0.15) is 39.5 Å². The fourth-order valence-corrected chi connectivity index (χ4v) is 3.98. The van der Waals surface area contributed by atoms with Crippen molar-refractivity contribution in [2.75, 3.05) is 19.0 Å². The van der Waals surface area contributed by atoms with E-state index in [1.54, 1.807) is 7.11 Å². The molecule has 25 heavy (non-hydrogen) atoms. The van der Waals surface area contributed by atoms with Crippen LogP contribution in [0.4, 0.5) is 5.69 Å². The van der Waals surface area contributed by atoms with Gasteiger partial charge in [0.05, 0.1) is 7.11 Å². The first-order chi connectivity index (χ1) is 12.1. The number of carbonyl (C=O) groups excluding carboxylic acids is 1. The molecule has 0 heterocycles. The first-order valence-corrected chi connectivity index (χ1v) is 9.11. The molecule has 1 aliphatic carbocycles. The molecule has 134 valence electrons. The van der Waals surface area contributed by atoms with Crippen molar-refractivity contribution in [2.24, 2.45) is 5.92 Å². The van der Waals surface area contributed by atoms with Crippen LogP contribution in [-0.2, 0) is 9.53 Å². The fraction of sp³-hybridized carbons (Fsp3) is 0.476. The highest BCUT2D eigenvalue weighted by Gasteiger charge is 2.42. The predicted molar refractivity (Wildman–Crippen MR) is 101 cm³/mol. The van der Waals surface area contributed by atoms with Gasteiger partial charge in [-0.05, 0) is 44.2 Å². The van der Waals surface area contributed by atoms with Crippen molar-refractivity contribution in [3.8, 4) is 5.75 Å². The van der Waals surface area contributed by atoms with E-state index in [2.05, 4.69) is 12.2 Å². The summed E-state index contributed by atoms with van der Waals surface area (Å²) in [7, 11) is 1.66. The molecule has 2 aromatic rings. The normalized spacial score (nSPS) is 23.4. The number of ether oxygens (including phenoxy) is 2. The Morgan fingerprint density at radius 1 is 1.24 bits per heavy atom. The van der Waals surface area contributed by atoms with Crippen LogP contribution in [0.15, 0.2) is 36.4 Å². The molecule has 1 aliphatic rings. The third-order valence-electron chi connectivity index (χ3n) is 5.14. The number of amides is 1. The van der Waals surface area contributed by atoms with Crippen molar-refractivity contribution in [1.82, 2.24) is 0 Å². The average molecular weight is 341 g/mol. The second-order valence-corrected chi connectivity index (χ2v) is 6.94. The van der Waals surface area contributed by atoms with Gasteiger partial charge in [0.1, 0.15) is 11.4 Å². The maximum absolute atomic E-state index is 13.2. The largest absolute Gasteiger partial charge is 0.496 e. The number of methoxy groups -OCH3 is 1. The first kappa shape index (κ1) is 17.7. The number of hydrogen-bond donors (Lipinski definition) is 1. The molecule has 0 aromatic heterocycles. The van der Waals surface area contributed by atoms with E-state index in [1.807, 2.05) is 43.3 Å². The Morgan fingerprint density at radius 2 is 2.00 bits per heavy atom. The minimum absolute atomic E-state index is 0.0313. The SMILES string of the molecule is CCO[C@@]1(C(=O)Nc2ccc(OC)c3ccccc23)CCC[C@@H](C)C1. The molecule has 3 rings (SSSR count). The maximum Gasteiger partial charge on any atom is 0.256 e. The Bertz CT molecular complexity index is 754. The Kier molecular flexibility index (Phi) is 5.28. The topological polar surface area (TPSA) is 47.6 Å². The molecule has 1 amide bonds. The number of rotatable bonds is 5. The van der Waals surface area contributed by atoms with E-state index < -0.39 is 5.60 Å². The van der Waals surface area contributed by atoms with Crippen LogP contribution in [-0.4, -0.2) is 25.2 Å². The van der Waals surface area contributed by atoms with Crippen molar-refractivity contribution in [3.05, 3.63) is 36.4 Å². The van der Waals surface area contributed by atoms with E-state index in [4.69, 9.17) is 9.47 Å². The smallest absolute Gasteiger partial charge is 0.256 e. The second-order valence-electron chi connectivity index (χ2n) is 6.94. The molecule has 1 N–H and O–H groups in total. The highest BCUT2D eigenvalue weighted by atomic mass is 16.5. The van der Waals surface area contributed by atoms with Gasteiger partial charge in [-0.25, -0.2) is 0 Å². The molecule has 0 radical (unpaired) electrons. The summed E-state index contributed by atoms with van der Waals surface area (Å²) in [5.74, 6) is 1.27. The lowest BCUT2D eigenvalue weighted by Crippen LogP contribution is -2.48. The quantitative estimate of drug-likeness (QED) is 0.852. The Balaban J connectivity index is 1.93. The number of anilines is 1. The van der Waals surface area contributed by atoms with Crippen molar-refractivity contribution in [3.63, 3.8) is 0 Å². The molecule has 4 heteroatoms. The van der Waals surface area contributed by atoms with Gasteiger partial charge in [0.25, 0.3) is 5.91 Å². The summed E-state index contributed by atoms with van der Waals surface area (Å²) < 4.78 is 11.4. The van der Waals surface area contributed by atoms with Gasteiger partial charge in [0.15, 0.2) is 0 Å². The van der Waals surface area contributed by atoms with Crippen LogP contribution in [0.5, 0.6) is 5.75 Å². The van der Waals surface area contributed by atoms with Crippen LogP contribution in [0.25, 0.3) is 10.8 Å².